The predicted molar refractivity (Wildman–Crippen MR) is 116 cm³/mol. The van der Waals surface area contributed by atoms with Crippen molar-refractivity contribution in [3.05, 3.63) is 65.4 Å². The molecule has 1 aliphatic carbocycles. The first-order valence-corrected chi connectivity index (χ1v) is 10.2. The van der Waals surface area contributed by atoms with Gasteiger partial charge in [-0.25, -0.2) is 4.99 Å². The van der Waals surface area contributed by atoms with E-state index in [4.69, 9.17) is 14.5 Å². The Morgan fingerprint density at radius 3 is 2.46 bits per heavy atom. The molecule has 0 spiro atoms. The molecule has 0 unspecified atom stereocenters. The van der Waals surface area contributed by atoms with E-state index in [1.54, 1.807) is 32.9 Å². The number of thioether (sulfide) groups is 1. The van der Waals surface area contributed by atoms with Gasteiger partial charge >= 0.3 is 0 Å². The third-order valence-corrected chi connectivity index (χ3v) is 5.84. The summed E-state index contributed by atoms with van der Waals surface area (Å²) in [5.74, 6) is 2.67. The summed E-state index contributed by atoms with van der Waals surface area (Å²) in [6.45, 7) is 1.78. The molecular weight excluding hydrogens is 370 g/mol. The maximum absolute atomic E-state index is 11.5. The number of carbonyl (C=O) groups excluding carboxylic acids is 1. The van der Waals surface area contributed by atoms with Crippen molar-refractivity contribution in [2.45, 2.75) is 25.5 Å². The van der Waals surface area contributed by atoms with Gasteiger partial charge < -0.3 is 9.47 Å². The number of methoxy groups -OCH3 is 2. The molecule has 1 fully saturated rings. The minimum atomic E-state index is 0.471. The van der Waals surface area contributed by atoms with Crippen molar-refractivity contribution < 1.29 is 14.3 Å². The number of allylic oxidation sites excluding steroid dienone is 2. The number of hydrogen-bond acceptors (Lipinski definition) is 5. The number of benzene rings is 2. The van der Waals surface area contributed by atoms with Crippen LogP contribution in [0.15, 0.2) is 59.3 Å². The molecule has 28 heavy (non-hydrogen) atoms. The van der Waals surface area contributed by atoms with Crippen LogP contribution in [-0.4, -0.2) is 25.5 Å². The van der Waals surface area contributed by atoms with E-state index in [-0.39, 0.29) is 0 Å². The van der Waals surface area contributed by atoms with E-state index in [1.165, 1.54) is 12.8 Å². The van der Waals surface area contributed by atoms with Crippen LogP contribution in [0.25, 0.3) is 5.57 Å². The van der Waals surface area contributed by atoms with E-state index in [9.17, 15) is 4.79 Å². The van der Waals surface area contributed by atoms with E-state index in [0.29, 0.717) is 17.3 Å². The number of aliphatic imine (C=N–C) groups is 1. The zero-order valence-corrected chi connectivity index (χ0v) is 17.2. The molecule has 1 radical (unpaired) electrons. The summed E-state index contributed by atoms with van der Waals surface area (Å²) >= 11 is 1.74. The highest BCUT2D eigenvalue weighted by Crippen LogP contribution is 2.38. The van der Waals surface area contributed by atoms with Crippen LogP contribution >= 0.6 is 11.8 Å². The van der Waals surface area contributed by atoms with Crippen LogP contribution in [-0.2, 0) is 15.3 Å². The van der Waals surface area contributed by atoms with Gasteiger partial charge in [0.15, 0.2) is 0 Å². The lowest BCUT2D eigenvalue weighted by atomic mass is 10.0. The SMILES string of the molecule is CO/C(C)=C(/[C]=O)c1ccccc1CSC(=Nc1ccc(OC)cc1)C1CC1. The van der Waals surface area contributed by atoms with E-state index in [0.717, 1.165) is 33.4 Å². The maximum atomic E-state index is 11.5. The van der Waals surface area contributed by atoms with Gasteiger partial charge in [-0.15, -0.1) is 11.8 Å². The molecular formula is C23H24NO3S. The van der Waals surface area contributed by atoms with Crippen molar-refractivity contribution in [1.29, 1.82) is 0 Å². The van der Waals surface area contributed by atoms with Gasteiger partial charge in [0.25, 0.3) is 0 Å². The van der Waals surface area contributed by atoms with Crippen molar-refractivity contribution in [3.8, 4) is 5.75 Å². The molecule has 4 nitrogen and oxygen atoms in total. The van der Waals surface area contributed by atoms with Crippen LogP contribution in [0, 0.1) is 5.92 Å². The van der Waals surface area contributed by atoms with E-state index in [2.05, 4.69) is 0 Å². The quantitative estimate of drug-likeness (QED) is 0.255. The van der Waals surface area contributed by atoms with E-state index < -0.39 is 0 Å². The monoisotopic (exact) mass is 394 g/mol. The highest BCUT2D eigenvalue weighted by Gasteiger charge is 2.28. The Bertz CT molecular complexity index is 883. The first kappa shape index (κ1) is 20.2. The topological polar surface area (TPSA) is 47.9 Å². The Hall–Kier alpha value is -2.53. The Balaban J connectivity index is 1.81. The molecule has 0 aliphatic heterocycles. The first-order chi connectivity index (χ1) is 13.7. The van der Waals surface area contributed by atoms with Gasteiger partial charge in [-0.1, -0.05) is 24.3 Å². The Morgan fingerprint density at radius 1 is 1.14 bits per heavy atom. The van der Waals surface area contributed by atoms with Crippen molar-refractivity contribution in [2.75, 3.05) is 14.2 Å². The number of ether oxygens (including phenoxy) is 2. The lowest BCUT2D eigenvalue weighted by Crippen LogP contribution is -2.00. The first-order valence-electron chi connectivity index (χ1n) is 9.23. The lowest BCUT2D eigenvalue weighted by molar-refractivity contribution is 0.296. The average Bonchev–Trinajstić information content (AvgIpc) is 3.58. The summed E-state index contributed by atoms with van der Waals surface area (Å²) < 4.78 is 10.5. The van der Waals surface area contributed by atoms with Gasteiger partial charge in [0.05, 0.1) is 30.5 Å². The zero-order chi connectivity index (χ0) is 19.9. The molecule has 0 atom stereocenters. The molecule has 0 aromatic heterocycles. The molecule has 2 aromatic rings. The highest BCUT2D eigenvalue weighted by molar-refractivity contribution is 8.13. The van der Waals surface area contributed by atoms with E-state index >= 15 is 0 Å². The van der Waals surface area contributed by atoms with Gasteiger partial charge in [-0.3, -0.25) is 4.79 Å². The number of nitrogens with zero attached hydrogens (tertiary/aromatic N) is 1. The van der Waals surface area contributed by atoms with E-state index in [1.807, 2.05) is 54.8 Å². The summed E-state index contributed by atoms with van der Waals surface area (Å²) in [5.41, 5.74) is 3.34. The van der Waals surface area contributed by atoms with Crippen molar-refractivity contribution in [1.82, 2.24) is 0 Å². The van der Waals surface area contributed by atoms with Gasteiger partial charge in [0.1, 0.15) is 11.5 Å². The van der Waals surface area contributed by atoms with Crippen LogP contribution in [0.2, 0.25) is 0 Å². The van der Waals surface area contributed by atoms with Crippen LogP contribution in [0.4, 0.5) is 5.69 Å². The summed E-state index contributed by atoms with van der Waals surface area (Å²) in [6, 6.07) is 15.7. The summed E-state index contributed by atoms with van der Waals surface area (Å²) in [4.78, 5) is 16.4. The fraction of sp³-hybridized carbons (Fsp3) is 0.304. The van der Waals surface area contributed by atoms with Gasteiger partial charge in [-0.05, 0) is 55.2 Å². The van der Waals surface area contributed by atoms with Crippen molar-refractivity contribution in [2.24, 2.45) is 10.9 Å². The van der Waals surface area contributed by atoms with Gasteiger partial charge in [0, 0.05) is 11.7 Å². The number of rotatable bonds is 8. The molecule has 0 heterocycles. The molecule has 0 amide bonds. The predicted octanol–water partition coefficient (Wildman–Crippen LogP) is 5.56. The molecule has 145 valence electrons. The summed E-state index contributed by atoms with van der Waals surface area (Å²) in [7, 11) is 3.22. The standard InChI is InChI=1S/C23H24NO3S/c1-16(26-2)22(14-25)21-7-5-4-6-18(21)15-28-23(17-8-9-17)24-19-10-12-20(27-3)13-11-19/h4-7,10-13,17H,8-9,15H2,1-3H3/b22-16-,24-23?. The fourth-order valence-electron chi connectivity index (χ4n) is 2.82. The minimum Gasteiger partial charge on any atom is -0.501 e. The van der Waals surface area contributed by atoms with Gasteiger partial charge in [-0.2, -0.15) is 0 Å². The molecule has 5 heteroatoms. The second-order valence-corrected chi connectivity index (χ2v) is 7.60. The van der Waals surface area contributed by atoms with Crippen LogP contribution in [0.5, 0.6) is 5.75 Å². The van der Waals surface area contributed by atoms with Gasteiger partial charge in [0.2, 0.25) is 6.29 Å². The third-order valence-electron chi connectivity index (χ3n) is 4.66. The van der Waals surface area contributed by atoms with Crippen LogP contribution < -0.4 is 4.74 Å². The molecule has 1 saturated carbocycles. The normalized spacial score (nSPS) is 15.0. The molecule has 2 aromatic carbocycles. The Kier molecular flexibility index (Phi) is 6.93. The Labute approximate surface area is 170 Å². The zero-order valence-electron chi connectivity index (χ0n) is 16.4. The highest BCUT2D eigenvalue weighted by atomic mass is 32.2. The molecule has 0 saturated heterocycles. The lowest BCUT2D eigenvalue weighted by Gasteiger charge is -2.12. The molecule has 0 N–H and O–H groups in total. The second kappa shape index (κ2) is 9.60. The molecule has 0 bridgehead atoms. The summed E-state index contributed by atoms with van der Waals surface area (Å²) in [6.07, 6.45) is 4.40. The fourth-order valence-corrected chi connectivity index (χ4v) is 4.01. The second-order valence-electron chi connectivity index (χ2n) is 6.61. The average molecular weight is 395 g/mol. The number of hydrogen-bond donors (Lipinski definition) is 0. The van der Waals surface area contributed by atoms with Crippen molar-refractivity contribution >= 4 is 34.4 Å². The molecule has 1 aliphatic rings. The third kappa shape index (κ3) is 5.04. The summed E-state index contributed by atoms with van der Waals surface area (Å²) in [5, 5.41) is 1.14. The van der Waals surface area contributed by atoms with Crippen LogP contribution in [0.1, 0.15) is 30.9 Å². The van der Waals surface area contributed by atoms with Crippen molar-refractivity contribution in [3.63, 3.8) is 0 Å². The van der Waals surface area contributed by atoms with Crippen LogP contribution in [0.3, 0.4) is 0 Å². The smallest absolute Gasteiger partial charge is 0.237 e. The minimum absolute atomic E-state index is 0.471. The molecule has 3 rings (SSSR count). The largest absolute Gasteiger partial charge is 0.501 e. The maximum Gasteiger partial charge on any atom is 0.237 e. The Morgan fingerprint density at radius 2 is 1.86 bits per heavy atom.